The van der Waals surface area contributed by atoms with E-state index in [1.54, 1.807) is 0 Å². The van der Waals surface area contributed by atoms with Gasteiger partial charge in [-0.05, 0) is 0 Å². The normalized spacial score (nSPS) is 10.9. The molecule has 0 aromatic rings. The summed E-state index contributed by atoms with van der Waals surface area (Å²) in [5.74, 6) is 0. The zero-order valence-corrected chi connectivity index (χ0v) is 7.83. The minimum absolute atomic E-state index is 0.327. The molecule has 0 saturated carbocycles. The molecule has 0 heterocycles. The number of carbonyl (C=O) groups excluding carboxylic acids is 1. The van der Waals surface area contributed by atoms with E-state index in [9.17, 15) is 4.79 Å². The van der Waals surface area contributed by atoms with Gasteiger partial charge < -0.3 is 4.74 Å². The summed E-state index contributed by atoms with van der Waals surface area (Å²) in [5.41, 5.74) is 1.88. The van der Waals surface area contributed by atoms with Crippen LogP contribution in [0.2, 0.25) is 0 Å². The first kappa shape index (κ1) is 11.1. The Morgan fingerprint density at radius 3 is 2.45 bits per heavy atom. The van der Waals surface area contributed by atoms with Gasteiger partial charge in [0.05, 0.1) is 7.11 Å². The molecule has 0 aliphatic carbocycles. The van der Waals surface area contributed by atoms with Crippen molar-refractivity contribution >= 4 is 40.9 Å². The molecule has 0 atom stereocenters. The molecular formula is C4H6Cl3NO3. The fourth-order valence-corrected chi connectivity index (χ4v) is 0.424. The molecule has 11 heavy (non-hydrogen) atoms. The highest BCUT2D eigenvalue weighted by molar-refractivity contribution is 6.67. The van der Waals surface area contributed by atoms with E-state index in [4.69, 9.17) is 34.8 Å². The fourth-order valence-electron chi connectivity index (χ4n) is 0.260. The molecule has 0 unspecified atom stereocenters. The molecule has 0 aliphatic heterocycles. The highest BCUT2D eigenvalue weighted by Gasteiger charge is 2.21. The molecule has 0 spiro atoms. The van der Waals surface area contributed by atoms with Crippen molar-refractivity contribution in [1.29, 1.82) is 0 Å². The van der Waals surface area contributed by atoms with E-state index in [-0.39, 0.29) is 6.61 Å². The van der Waals surface area contributed by atoms with Gasteiger partial charge in [0.2, 0.25) is 3.79 Å². The minimum Gasteiger partial charge on any atom is -0.444 e. The van der Waals surface area contributed by atoms with Gasteiger partial charge in [0.15, 0.2) is 0 Å². The summed E-state index contributed by atoms with van der Waals surface area (Å²) in [4.78, 5) is 14.7. The van der Waals surface area contributed by atoms with Crippen LogP contribution < -0.4 is 5.48 Å². The Bertz CT molecular complexity index is 135. The van der Waals surface area contributed by atoms with Gasteiger partial charge in [-0.1, -0.05) is 34.8 Å². The maximum Gasteiger partial charge on any atom is 0.431 e. The highest BCUT2D eigenvalue weighted by atomic mass is 35.6. The lowest BCUT2D eigenvalue weighted by molar-refractivity contribution is 0.0596. The maximum atomic E-state index is 10.5. The fraction of sp³-hybridized carbons (Fsp3) is 0.750. The van der Waals surface area contributed by atoms with E-state index >= 15 is 0 Å². The van der Waals surface area contributed by atoms with Gasteiger partial charge in [-0.2, -0.15) is 5.48 Å². The van der Waals surface area contributed by atoms with E-state index in [2.05, 4.69) is 9.57 Å². The van der Waals surface area contributed by atoms with Gasteiger partial charge in [0, 0.05) is 0 Å². The molecule has 4 nitrogen and oxygen atoms in total. The average molecular weight is 222 g/mol. The molecule has 0 radical (unpaired) electrons. The number of hydroxylamine groups is 1. The Kier molecular flexibility index (Phi) is 4.92. The van der Waals surface area contributed by atoms with Crippen molar-refractivity contribution in [3.05, 3.63) is 0 Å². The van der Waals surface area contributed by atoms with Gasteiger partial charge >= 0.3 is 6.09 Å². The number of amides is 1. The second-order valence-corrected chi connectivity index (χ2v) is 4.01. The van der Waals surface area contributed by atoms with Crippen LogP contribution in [0, 0.1) is 0 Å². The summed E-state index contributed by atoms with van der Waals surface area (Å²) in [6.07, 6.45) is -0.807. The maximum absolute atomic E-state index is 10.5. The average Bonchev–Trinajstić information content (AvgIpc) is 1.83. The lowest BCUT2D eigenvalue weighted by Gasteiger charge is -2.10. The van der Waals surface area contributed by atoms with Crippen molar-refractivity contribution in [2.45, 2.75) is 3.79 Å². The SMILES string of the molecule is CONC(=O)OCC(Cl)(Cl)Cl. The lowest BCUT2D eigenvalue weighted by atomic mass is 10.8. The summed E-state index contributed by atoms with van der Waals surface area (Å²) >= 11 is 15.8. The second-order valence-electron chi connectivity index (χ2n) is 1.50. The molecular weight excluding hydrogens is 216 g/mol. The predicted molar refractivity (Wildman–Crippen MR) is 41.8 cm³/mol. The zero-order valence-electron chi connectivity index (χ0n) is 5.57. The highest BCUT2D eigenvalue weighted by Crippen LogP contribution is 2.25. The number of alkyl halides is 3. The van der Waals surface area contributed by atoms with Gasteiger partial charge in [0.25, 0.3) is 0 Å². The number of carbonyl (C=O) groups is 1. The second kappa shape index (κ2) is 4.87. The summed E-state index contributed by atoms with van der Waals surface area (Å²) in [7, 11) is 1.26. The van der Waals surface area contributed by atoms with Crippen LogP contribution in [0.1, 0.15) is 0 Å². The molecule has 7 heteroatoms. The topological polar surface area (TPSA) is 47.6 Å². The van der Waals surface area contributed by atoms with Crippen LogP contribution in [0.4, 0.5) is 4.79 Å². The van der Waals surface area contributed by atoms with Gasteiger partial charge in [0.1, 0.15) is 6.61 Å². The number of nitrogens with one attached hydrogen (secondary N) is 1. The van der Waals surface area contributed by atoms with Crippen molar-refractivity contribution < 1.29 is 14.4 Å². The third-order valence-corrected chi connectivity index (χ3v) is 0.880. The third-order valence-electron chi connectivity index (χ3n) is 0.552. The molecule has 0 fully saturated rings. The number of ether oxygens (including phenoxy) is 1. The zero-order chi connectivity index (χ0) is 8.91. The standard InChI is InChI=1S/C4H6Cl3NO3/c1-10-8-3(9)11-2-4(5,6)7/h2H2,1H3,(H,8,9). The first-order chi connectivity index (χ1) is 4.95. The van der Waals surface area contributed by atoms with Crippen LogP contribution in [0.15, 0.2) is 0 Å². The first-order valence-corrected chi connectivity index (χ1v) is 3.61. The molecule has 0 rings (SSSR count). The Balaban J connectivity index is 3.46. The first-order valence-electron chi connectivity index (χ1n) is 2.48. The molecule has 0 saturated heterocycles. The van der Waals surface area contributed by atoms with Crippen LogP contribution in [0.25, 0.3) is 0 Å². The van der Waals surface area contributed by atoms with Crippen LogP contribution in [0.5, 0.6) is 0 Å². The van der Waals surface area contributed by atoms with Crippen molar-refractivity contribution in [2.75, 3.05) is 13.7 Å². The molecule has 0 bridgehead atoms. The molecule has 1 amide bonds. The largest absolute Gasteiger partial charge is 0.444 e. The molecule has 66 valence electrons. The number of hydrogen-bond acceptors (Lipinski definition) is 3. The monoisotopic (exact) mass is 221 g/mol. The molecule has 1 N–H and O–H groups in total. The number of hydrogen-bond donors (Lipinski definition) is 1. The third kappa shape index (κ3) is 8.00. The predicted octanol–water partition coefficient (Wildman–Crippen LogP) is 1.64. The number of halogens is 3. The summed E-state index contributed by atoms with van der Waals surface area (Å²) in [6, 6.07) is 0. The molecule has 0 aromatic carbocycles. The van der Waals surface area contributed by atoms with E-state index in [0.717, 1.165) is 0 Å². The van der Waals surface area contributed by atoms with Crippen LogP contribution in [0.3, 0.4) is 0 Å². The van der Waals surface area contributed by atoms with Crippen LogP contribution >= 0.6 is 34.8 Å². The van der Waals surface area contributed by atoms with E-state index < -0.39 is 9.89 Å². The minimum atomic E-state index is -1.59. The van der Waals surface area contributed by atoms with E-state index in [1.807, 2.05) is 5.48 Å². The van der Waals surface area contributed by atoms with Crippen molar-refractivity contribution in [3.63, 3.8) is 0 Å². The Morgan fingerprint density at radius 2 is 2.09 bits per heavy atom. The Morgan fingerprint density at radius 1 is 1.55 bits per heavy atom. The molecule has 0 aliphatic rings. The van der Waals surface area contributed by atoms with Crippen LogP contribution in [-0.4, -0.2) is 23.6 Å². The molecule has 0 aromatic heterocycles. The van der Waals surface area contributed by atoms with E-state index in [0.29, 0.717) is 0 Å². The van der Waals surface area contributed by atoms with Gasteiger partial charge in [-0.3, -0.25) is 4.84 Å². The van der Waals surface area contributed by atoms with Crippen molar-refractivity contribution in [3.8, 4) is 0 Å². The Labute approximate surface area is 78.6 Å². The smallest absolute Gasteiger partial charge is 0.431 e. The summed E-state index contributed by atoms with van der Waals surface area (Å²) < 4.78 is 2.78. The summed E-state index contributed by atoms with van der Waals surface area (Å²) in [6.45, 7) is -0.327. The Hall–Kier alpha value is 0.1000. The van der Waals surface area contributed by atoms with Crippen LogP contribution in [-0.2, 0) is 9.57 Å². The lowest BCUT2D eigenvalue weighted by Crippen LogP contribution is -2.26. The van der Waals surface area contributed by atoms with Crippen molar-refractivity contribution in [1.82, 2.24) is 5.48 Å². The number of rotatable bonds is 2. The van der Waals surface area contributed by atoms with E-state index in [1.165, 1.54) is 7.11 Å². The quantitative estimate of drug-likeness (QED) is 0.571. The van der Waals surface area contributed by atoms with Gasteiger partial charge in [-0.25, -0.2) is 4.79 Å². The van der Waals surface area contributed by atoms with Gasteiger partial charge in [-0.15, -0.1) is 0 Å². The summed E-state index contributed by atoms with van der Waals surface area (Å²) in [5, 5.41) is 0. The van der Waals surface area contributed by atoms with Crippen molar-refractivity contribution in [2.24, 2.45) is 0 Å².